The van der Waals surface area contributed by atoms with Gasteiger partial charge in [0.25, 0.3) is 0 Å². The highest BCUT2D eigenvalue weighted by atomic mass is 16.5. The van der Waals surface area contributed by atoms with Gasteiger partial charge in [-0.15, -0.1) is 6.58 Å². The molecule has 3 heteroatoms. The second kappa shape index (κ2) is 11.3. The van der Waals surface area contributed by atoms with E-state index >= 15 is 0 Å². The molecule has 2 atom stereocenters. The first-order chi connectivity index (χ1) is 12.0. The molecule has 3 nitrogen and oxygen atoms in total. The average molecular weight is 348 g/mol. The zero-order valence-corrected chi connectivity index (χ0v) is 16.6. The van der Waals surface area contributed by atoms with Crippen LogP contribution in [0.3, 0.4) is 0 Å². The van der Waals surface area contributed by atoms with E-state index in [-0.39, 0.29) is 12.0 Å². The second-order valence-corrected chi connectivity index (χ2v) is 7.20. The highest BCUT2D eigenvalue weighted by Crippen LogP contribution is 2.43. The summed E-state index contributed by atoms with van der Waals surface area (Å²) in [6.07, 6.45) is 8.32. The molecule has 1 saturated carbocycles. The van der Waals surface area contributed by atoms with Gasteiger partial charge in [0.2, 0.25) is 0 Å². The zero-order valence-electron chi connectivity index (χ0n) is 16.6. The van der Waals surface area contributed by atoms with Crippen molar-refractivity contribution in [1.82, 2.24) is 0 Å². The molecule has 1 aliphatic rings. The van der Waals surface area contributed by atoms with E-state index in [0.717, 1.165) is 13.0 Å². The zero-order chi connectivity index (χ0) is 18.7. The topological polar surface area (TPSA) is 41.5 Å². The Hall–Kier alpha value is -1.32. The quantitative estimate of drug-likeness (QED) is 0.659. The van der Waals surface area contributed by atoms with Crippen molar-refractivity contribution in [2.24, 2.45) is 5.92 Å². The lowest BCUT2D eigenvalue weighted by atomic mass is 9.66. The number of benzene rings is 1. The first kappa shape index (κ1) is 21.7. The lowest BCUT2D eigenvalue weighted by molar-refractivity contribution is 0.180. The van der Waals surface area contributed by atoms with Crippen molar-refractivity contribution >= 4 is 5.69 Å². The first-order valence-corrected chi connectivity index (χ1v) is 9.64. The lowest BCUT2D eigenvalue weighted by Crippen LogP contribution is -2.30. The van der Waals surface area contributed by atoms with Crippen LogP contribution >= 0.6 is 0 Å². The van der Waals surface area contributed by atoms with Gasteiger partial charge in [-0.05, 0) is 67.2 Å². The molecule has 2 rings (SSSR count). The third-order valence-corrected chi connectivity index (χ3v) is 4.98. The number of rotatable bonds is 7. The summed E-state index contributed by atoms with van der Waals surface area (Å²) in [5, 5.41) is 11.1. The number of methoxy groups -OCH3 is 1. The molecular weight excluding hydrogens is 310 g/mol. The average Bonchev–Trinajstić information content (AvgIpc) is 2.61. The normalized spacial score (nSPS) is 22.7. The Bertz CT molecular complexity index is 515. The van der Waals surface area contributed by atoms with Crippen LogP contribution < -0.4 is 5.32 Å². The van der Waals surface area contributed by atoms with Gasteiger partial charge >= 0.3 is 0 Å². The number of hydrogen-bond acceptors (Lipinski definition) is 3. The van der Waals surface area contributed by atoms with Crippen LogP contribution in [-0.4, -0.2) is 25.4 Å². The predicted molar refractivity (Wildman–Crippen MR) is 108 cm³/mol. The Morgan fingerprint density at radius 3 is 2.72 bits per heavy atom. The van der Waals surface area contributed by atoms with E-state index in [1.807, 2.05) is 0 Å². The molecule has 0 bridgehead atoms. The van der Waals surface area contributed by atoms with Gasteiger partial charge in [0.05, 0.1) is 6.61 Å². The smallest absolute Gasteiger partial charge is 0.0716 e. The van der Waals surface area contributed by atoms with Gasteiger partial charge in [0.15, 0.2) is 0 Å². The molecule has 2 N–H and O–H groups in total. The summed E-state index contributed by atoms with van der Waals surface area (Å²) in [5.41, 5.74) is 4.24. The van der Waals surface area contributed by atoms with Gasteiger partial charge < -0.3 is 15.2 Å². The Balaban J connectivity index is 0.000000970. The summed E-state index contributed by atoms with van der Waals surface area (Å²) in [4.78, 5) is 0. The second-order valence-electron chi connectivity index (χ2n) is 7.20. The van der Waals surface area contributed by atoms with Gasteiger partial charge in [-0.1, -0.05) is 32.4 Å². The van der Waals surface area contributed by atoms with Crippen LogP contribution in [0, 0.1) is 5.92 Å². The van der Waals surface area contributed by atoms with Crippen LogP contribution in [-0.2, 0) is 16.8 Å². The Kier molecular flexibility index (Phi) is 9.84. The molecule has 0 spiro atoms. The van der Waals surface area contributed by atoms with Gasteiger partial charge in [-0.25, -0.2) is 0 Å². The Morgan fingerprint density at radius 1 is 1.40 bits per heavy atom. The molecule has 0 heterocycles. The Labute approximate surface area is 154 Å². The summed E-state index contributed by atoms with van der Waals surface area (Å²) < 4.78 is 5.47. The van der Waals surface area contributed by atoms with Crippen molar-refractivity contribution in [2.45, 2.75) is 64.9 Å². The first-order valence-electron chi connectivity index (χ1n) is 9.64. The third kappa shape index (κ3) is 6.48. The molecule has 0 saturated heterocycles. The number of allylic oxidation sites excluding steroid dienone is 1. The van der Waals surface area contributed by atoms with Gasteiger partial charge in [0.1, 0.15) is 0 Å². The fraction of sp³-hybridized carbons (Fsp3) is 0.636. The van der Waals surface area contributed by atoms with Crippen LogP contribution in [0.2, 0.25) is 0 Å². The summed E-state index contributed by atoms with van der Waals surface area (Å²) in [5.74, 6) is 0.645. The molecule has 0 aromatic heterocycles. The molecule has 1 fully saturated rings. The van der Waals surface area contributed by atoms with Gasteiger partial charge in [0, 0.05) is 25.9 Å². The van der Waals surface area contributed by atoms with Gasteiger partial charge in [-0.3, -0.25) is 0 Å². The van der Waals surface area contributed by atoms with E-state index in [0.29, 0.717) is 12.5 Å². The summed E-state index contributed by atoms with van der Waals surface area (Å²) in [6.45, 7) is 12.3. The van der Waals surface area contributed by atoms with Crippen molar-refractivity contribution in [3.05, 3.63) is 42.0 Å². The molecule has 0 aliphatic heterocycles. The maximum absolute atomic E-state index is 7.57. The van der Waals surface area contributed by atoms with Crippen molar-refractivity contribution in [3.8, 4) is 0 Å². The van der Waals surface area contributed by atoms with Crippen molar-refractivity contribution in [2.75, 3.05) is 25.6 Å². The van der Waals surface area contributed by atoms with E-state index in [4.69, 9.17) is 9.84 Å². The SMILES string of the molecule is C=CC1CCCC(C)(c2ccc(NCCC)cc2COC)C1.CCO. The van der Waals surface area contributed by atoms with E-state index in [1.165, 1.54) is 42.5 Å². The van der Waals surface area contributed by atoms with Crippen LogP contribution in [0.5, 0.6) is 0 Å². The fourth-order valence-electron chi connectivity index (χ4n) is 3.82. The van der Waals surface area contributed by atoms with Crippen molar-refractivity contribution in [1.29, 1.82) is 0 Å². The summed E-state index contributed by atoms with van der Waals surface area (Å²) >= 11 is 0. The number of aliphatic hydroxyl groups is 1. The molecular formula is C22H37NO2. The van der Waals surface area contributed by atoms with E-state index < -0.39 is 0 Å². The third-order valence-electron chi connectivity index (χ3n) is 4.98. The lowest BCUT2D eigenvalue weighted by Gasteiger charge is -2.39. The molecule has 1 aromatic rings. The van der Waals surface area contributed by atoms with Crippen LogP contribution in [0.25, 0.3) is 0 Å². The number of anilines is 1. The minimum Gasteiger partial charge on any atom is -0.397 e. The van der Waals surface area contributed by atoms with Crippen LogP contribution in [0.1, 0.15) is 64.0 Å². The maximum Gasteiger partial charge on any atom is 0.0716 e. The molecule has 1 aromatic carbocycles. The summed E-state index contributed by atoms with van der Waals surface area (Å²) in [7, 11) is 1.78. The van der Waals surface area contributed by atoms with Crippen LogP contribution in [0.4, 0.5) is 5.69 Å². The predicted octanol–water partition coefficient (Wildman–Crippen LogP) is 5.29. The number of nitrogens with one attached hydrogen (secondary N) is 1. The van der Waals surface area contributed by atoms with E-state index in [9.17, 15) is 0 Å². The minimum atomic E-state index is 0.244. The molecule has 142 valence electrons. The highest BCUT2D eigenvalue weighted by Gasteiger charge is 2.34. The van der Waals surface area contributed by atoms with Crippen molar-refractivity contribution < 1.29 is 9.84 Å². The monoisotopic (exact) mass is 347 g/mol. The van der Waals surface area contributed by atoms with E-state index in [1.54, 1.807) is 14.0 Å². The van der Waals surface area contributed by atoms with E-state index in [2.05, 4.69) is 50.0 Å². The maximum atomic E-state index is 7.57. The summed E-state index contributed by atoms with van der Waals surface area (Å²) in [6, 6.07) is 6.82. The number of ether oxygens (including phenoxy) is 1. The highest BCUT2D eigenvalue weighted by molar-refractivity contribution is 5.50. The Morgan fingerprint density at radius 2 is 2.12 bits per heavy atom. The molecule has 2 unspecified atom stereocenters. The number of hydrogen-bond donors (Lipinski definition) is 2. The van der Waals surface area contributed by atoms with Crippen LogP contribution in [0.15, 0.2) is 30.9 Å². The van der Waals surface area contributed by atoms with Crippen molar-refractivity contribution in [3.63, 3.8) is 0 Å². The molecule has 0 amide bonds. The molecule has 25 heavy (non-hydrogen) atoms. The van der Waals surface area contributed by atoms with Gasteiger partial charge in [-0.2, -0.15) is 0 Å². The minimum absolute atomic E-state index is 0.244. The molecule has 1 aliphatic carbocycles. The largest absolute Gasteiger partial charge is 0.397 e. The number of aliphatic hydroxyl groups excluding tert-OH is 1. The standard InChI is InChI=1S/C20H31NO.C2H6O/c1-5-12-21-18-9-10-19(17(13-18)15-22-4)20(3)11-7-8-16(6-2)14-20;1-2-3/h6,9-10,13,16,21H,2,5,7-8,11-12,14-15H2,1,3-4H3;3H,2H2,1H3. The fourth-order valence-corrected chi connectivity index (χ4v) is 3.82. The molecule has 0 radical (unpaired) electrons.